The minimum Gasteiger partial charge on any atom is -0.372 e. The Balaban J connectivity index is 1.81. The molecule has 0 atom stereocenters. The van der Waals surface area contributed by atoms with E-state index in [0.717, 1.165) is 29.9 Å². The lowest BCUT2D eigenvalue weighted by Gasteiger charge is -2.20. The van der Waals surface area contributed by atoms with Crippen LogP contribution < -0.4 is 15.6 Å². The first-order valence-corrected chi connectivity index (χ1v) is 10.8. The van der Waals surface area contributed by atoms with E-state index in [9.17, 15) is 9.59 Å². The second kappa shape index (κ2) is 12.0. The van der Waals surface area contributed by atoms with E-state index in [1.165, 1.54) is 6.21 Å². The van der Waals surface area contributed by atoms with E-state index in [1.807, 2.05) is 36.4 Å². The van der Waals surface area contributed by atoms with Crippen molar-refractivity contribution >= 4 is 29.8 Å². The van der Waals surface area contributed by atoms with Crippen molar-refractivity contribution in [2.24, 2.45) is 5.10 Å². The average molecular weight is 442 g/mol. The molecule has 0 aliphatic heterocycles. The highest BCUT2D eigenvalue weighted by atomic mass is 16.2. The molecule has 0 bridgehead atoms. The minimum atomic E-state index is -0.535. The fourth-order valence-electron chi connectivity index (χ4n) is 3.16. The number of hydrogen-bond donors (Lipinski definition) is 2. The molecule has 0 spiro atoms. The number of carbonyl (C=O) groups is 2. The van der Waals surface area contributed by atoms with Crippen molar-refractivity contribution in [2.45, 2.75) is 13.8 Å². The largest absolute Gasteiger partial charge is 0.372 e. The summed E-state index contributed by atoms with van der Waals surface area (Å²) < 4.78 is 0. The van der Waals surface area contributed by atoms with Gasteiger partial charge in [-0.25, -0.2) is 5.43 Å². The van der Waals surface area contributed by atoms with Gasteiger partial charge in [-0.3, -0.25) is 14.6 Å². The Hall–Kier alpha value is -4.26. The van der Waals surface area contributed by atoms with E-state index in [-0.39, 0.29) is 11.6 Å². The van der Waals surface area contributed by atoms with Crippen LogP contribution in [0.4, 0.5) is 5.69 Å². The smallest absolute Gasteiger partial charge is 0.287 e. The Morgan fingerprint density at radius 3 is 2.30 bits per heavy atom. The average Bonchev–Trinajstić information content (AvgIpc) is 2.86. The standard InChI is InChI=1S/C26H27N5O2/c1-3-31(4-2)23-14-12-20(13-15-23)17-24(29-25(32)22-10-6-5-7-11-22)26(33)30-28-19-21-9-8-16-27-18-21/h5-19H,3-4H2,1-2H3,(H,29,32)(H,30,33)/b24-17-,28-19+. The molecule has 0 radical (unpaired) electrons. The lowest BCUT2D eigenvalue weighted by Crippen LogP contribution is -2.32. The summed E-state index contributed by atoms with van der Waals surface area (Å²) in [4.78, 5) is 31.8. The van der Waals surface area contributed by atoms with Crippen molar-refractivity contribution in [1.29, 1.82) is 0 Å². The topological polar surface area (TPSA) is 86.7 Å². The predicted molar refractivity (Wildman–Crippen MR) is 132 cm³/mol. The van der Waals surface area contributed by atoms with Crippen LogP contribution in [0.25, 0.3) is 6.08 Å². The second-order valence-electron chi connectivity index (χ2n) is 7.13. The van der Waals surface area contributed by atoms with Gasteiger partial charge in [0.05, 0.1) is 6.21 Å². The molecule has 0 unspecified atom stereocenters. The molecule has 33 heavy (non-hydrogen) atoms. The number of nitrogens with one attached hydrogen (secondary N) is 2. The van der Waals surface area contributed by atoms with Gasteiger partial charge < -0.3 is 10.2 Å². The SMILES string of the molecule is CCN(CC)c1ccc(/C=C(\NC(=O)c2ccccc2)C(=O)N/N=C/c2cccnc2)cc1. The summed E-state index contributed by atoms with van der Waals surface area (Å²) >= 11 is 0. The van der Waals surface area contributed by atoms with Crippen LogP contribution in [0.15, 0.2) is 89.9 Å². The summed E-state index contributed by atoms with van der Waals surface area (Å²) in [7, 11) is 0. The van der Waals surface area contributed by atoms with Gasteiger partial charge in [0.2, 0.25) is 0 Å². The lowest BCUT2D eigenvalue weighted by atomic mass is 10.1. The Morgan fingerprint density at radius 2 is 1.67 bits per heavy atom. The quantitative estimate of drug-likeness (QED) is 0.300. The third kappa shape index (κ3) is 6.87. The third-order valence-corrected chi connectivity index (χ3v) is 4.93. The van der Waals surface area contributed by atoms with Crippen LogP contribution in [-0.4, -0.2) is 36.1 Å². The van der Waals surface area contributed by atoms with Crippen LogP contribution in [0.2, 0.25) is 0 Å². The monoisotopic (exact) mass is 441 g/mol. The zero-order chi connectivity index (χ0) is 23.5. The summed E-state index contributed by atoms with van der Waals surface area (Å²) in [6.45, 7) is 6.01. The molecule has 0 saturated carbocycles. The summed E-state index contributed by atoms with van der Waals surface area (Å²) in [5.74, 6) is -0.916. The molecule has 0 aliphatic rings. The Labute approximate surface area is 193 Å². The molecule has 0 aliphatic carbocycles. The number of benzene rings is 2. The lowest BCUT2D eigenvalue weighted by molar-refractivity contribution is -0.117. The summed E-state index contributed by atoms with van der Waals surface area (Å²) in [6.07, 6.45) is 6.39. The molecule has 0 fully saturated rings. The molecule has 1 heterocycles. The van der Waals surface area contributed by atoms with Crippen molar-refractivity contribution in [3.05, 3.63) is 102 Å². The highest BCUT2D eigenvalue weighted by Gasteiger charge is 2.14. The summed E-state index contributed by atoms with van der Waals surface area (Å²) in [6, 6.07) is 20.1. The van der Waals surface area contributed by atoms with Gasteiger partial charge in [-0.1, -0.05) is 36.4 Å². The van der Waals surface area contributed by atoms with Crippen LogP contribution in [-0.2, 0) is 4.79 Å². The number of aromatic nitrogens is 1. The van der Waals surface area contributed by atoms with Gasteiger partial charge >= 0.3 is 0 Å². The fraction of sp³-hybridized carbons (Fsp3) is 0.154. The molecule has 2 amide bonds. The van der Waals surface area contributed by atoms with Crippen molar-refractivity contribution in [2.75, 3.05) is 18.0 Å². The maximum Gasteiger partial charge on any atom is 0.287 e. The van der Waals surface area contributed by atoms with Crippen LogP contribution in [0, 0.1) is 0 Å². The van der Waals surface area contributed by atoms with E-state index in [1.54, 1.807) is 48.8 Å². The van der Waals surface area contributed by atoms with Gasteiger partial charge in [-0.15, -0.1) is 0 Å². The van der Waals surface area contributed by atoms with Crippen LogP contribution in [0.5, 0.6) is 0 Å². The summed E-state index contributed by atoms with van der Waals surface area (Å²) in [5, 5.41) is 6.68. The Bertz CT molecular complexity index is 1110. The molecule has 7 nitrogen and oxygen atoms in total. The zero-order valence-corrected chi connectivity index (χ0v) is 18.7. The zero-order valence-electron chi connectivity index (χ0n) is 18.7. The molecule has 7 heteroatoms. The van der Waals surface area contributed by atoms with E-state index in [0.29, 0.717) is 5.56 Å². The van der Waals surface area contributed by atoms with Gasteiger partial charge in [0.1, 0.15) is 5.70 Å². The highest BCUT2D eigenvalue weighted by Crippen LogP contribution is 2.16. The van der Waals surface area contributed by atoms with E-state index >= 15 is 0 Å². The number of rotatable bonds is 9. The number of carbonyl (C=O) groups excluding carboxylic acids is 2. The number of hydrazone groups is 1. The maximum atomic E-state index is 12.8. The molecular weight excluding hydrogens is 414 g/mol. The normalized spacial score (nSPS) is 11.3. The molecule has 168 valence electrons. The number of hydrogen-bond acceptors (Lipinski definition) is 5. The maximum absolute atomic E-state index is 12.8. The van der Waals surface area contributed by atoms with E-state index in [4.69, 9.17) is 0 Å². The number of pyridine rings is 1. The molecule has 3 rings (SSSR count). The predicted octanol–water partition coefficient (Wildman–Crippen LogP) is 3.85. The van der Waals surface area contributed by atoms with Crippen molar-refractivity contribution < 1.29 is 9.59 Å². The van der Waals surface area contributed by atoms with Crippen LogP contribution in [0.1, 0.15) is 35.3 Å². The Morgan fingerprint density at radius 1 is 0.939 bits per heavy atom. The minimum absolute atomic E-state index is 0.0859. The van der Waals surface area contributed by atoms with Crippen LogP contribution >= 0.6 is 0 Å². The first-order chi connectivity index (χ1) is 16.1. The number of anilines is 1. The summed E-state index contributed by atoms with van der Waals surface area (Å²) in [5.41, 5.74) is 5.62. The van der Waals surface area contributed by atoms with Gasteiger partial charge in [0.25, 0.3) is 11.8 Å². The second-order valence-corrected chi connectivity index (χ2v) is 7.13. The molecule has 0 saturated heterocycles. The van der Waals surface area contributed by atoms with E-state index < -0.39 is 5.91 Å². The van der Waals surface area contributed by atoms with Gasteiger partial charge in [-0.05, 0) is 55.8 Å². The number of nitrogens with zero attached hydrogens (tertiary/aromatic N) is 3. The van der Waals surface area contributed by atoms with Gasteiger partial charge in [0, 0.05) is 42.3 Å². The van der Waals surface area contributed by atoms with Crippen LogP contribution in [0.3, 0.4) is 0 Å². The molecule has 3 aromatic rings. The Kier molecular flexibility index (Phi) is 8.48. The highest BCUT2D eigenvalue weighted by molar-refractivity contribution is 6.05. The molecular formula is C26H27N5O2. The first-order valence-electron chi connectivity index (χ1n) is 10.8. The van der Waals surface area contributed by atoms with Gasteiger partial charge in [-0.2, -0.15) is 5.10 Å². The molecule has 2 aromatic carbocycles. The fourth-order valence-corrected chi connectivity index (χ4v) is 3.16. The number of amides is 2. The van der Waals surface area contributed by atoms with Crippen molar-refractivity contribution in [3.8, 4) is 0 Å². The van der Waals surface area contributed by atoms with Gasteiger partial charge in [0.15, 0.2) is 0 Å². The molecule has 1 aromatic heterocycles. The third-order valence-electron chi connectivity index (χ3n) is 4.93. The first kappa shape index (κ1) is 23.4. The van der Waals surface area contributed by atoms with Crippen molar-refractivity contribution in [3.63, 3.8) is 0 Å². The molecule has 2 N–H and O–H groups in total. The van der Waals surface area contributed by atoms with Crippen molar-refractivity contribution in [1.82, 2.24) is 15.7 Å². The van der Waals surface area contributed by atoms with E-state index in [2.05, 4.69) is 39.6 Å².